The first-order valence-corrected chi connectivity index (χ1v) is 9.78. The lowest BCUT2D eigenvalue weighted by Gasteiger charge is -2.33. The zero-order valence-electron chi connectivity index (χ0n) is 12.8. The molecule has 0 saturated carbocycles. The standard InChI is InChI=1S/C16H17N3O2S2/c1-12-5-6-13(11-17)10-15(12)23(20,21)19-8-3-2-4-14(19)16-18-7-9-22-16/h5-7,9-10,14H,2-4,8H2,1H3. The van der Waals surface area contributed by atoms with Crippen molar-refractivity contribution >= 4 is 21.4 Å². The van der Waals surface area contributed by atoms with Crippen molar-refractivity contribution in [1.82, 2.24) is 9.29 Å². The second kappa shape index (κ2) is 6.40. The summed E-state index contributed by atoms with van der Waals surface area (Å²) in [6.07, 6.45) is 4.33. The zero-order valence-corrected chi connectivity index (χ0v) is 14.4. The fourth-order valence-electron chi connectivity index (χ4n) is 2.91. The number of benzene rings is 1. The average Bonchev–Trinajstić information content (AvgIpc) is 3.09. The Bertz CT molecular complexity index is 839. The Kier molecular flexibility index (Phi) is 4.48. The van der Waals surface area contributed by atoms with E-state index in [4.69, 9.17) is 5.26 Å². The van der Waals surface area contributed by atoms with Gasteiger partial charge in [0.25, 0.3) is 0 Å². The molecule has 0 radical (unpaired) electrons. The second-order valence-electron chi connectivity index (χ2n) is 5.59. The van der Waals surface area contributed by atoms with Crippen LogP contribution in [-0.2, 0) is 10.0 Å². The highest BCUT2D eigenvalue weighted by Crippen LogP contribution is 2.36. The summed E-state index contributed by atoms with van der Waals surface area (Å²) in [4.78, 5) is 4.54. The maximum atomic E-state index is 13.2. The Balaban J connectivity index is 2.06. The molecule has 1 saturated heterocycles. The van der Waals surface area contributed by atoms with E-state index in [9.17, 15) is 8.42 Å². The number of hydrogen-bond acceptors (Lipinski definition) is 5. The summed E-state index contributed by atoms with van der Waals surface area (Å²) < 4.78 is 27.9. The molecule has 0 aliphatic carbocycles. The van der Waals surface area contributed by atoms with Crippen LogP contribution in [0.15, 0.2) is 34.7 Å². The van der Waals surface area contributed by atoms with Gasteiger partial charge in [0.1, 0.15) is 5.01 Å². The second-order valence-corrected chi connectivity index (χ2v) is 8.37. The molecule has 3 rings (SSSR count). The minimum absolute atomic E-state index is 0.209. The molecule has 7 heteroatoms. The third-order valence-electron chi connectivity index (χ3n) is 4.09. The van der Waals surface area contributed by atoms with Crippen molar-refractivity contribution in [1.29, 1.82) is 5.26 Å². The zero-order chi connectivity index (χ0) is 16.4. The first-order chi connectivity index (χ1) is 11.0. The van der Waals surface area contributed by atoms with Gasteiger partial charge in [-0.1, -0.05) is 12.5 Å². The van der Waals surface area contributed by atoms with Crippen LogP contribution in [0.2, 0.25) is 0 Å². The average molecular weight is 347 g/mol. The van der Waals surface area contributed by atoms with Crippen molar-refractivity contribution in [3.05, 3.63) is 45.9 Å². The lowest BCUT2D eigenvalue weighted by atomic mass is 10.1. The minimum Gasteiger partial charge on any atom is -0.248 e. The van der Waals surface area contributed by atoms with Gasteiger partial charge in [-0.15, -0.1) is 11.3 Å². The molecule has 0 N–H and O–H groups in total. The molecule has 1 unspecified atom stereocenters. The number of hydrogen-bond donors (Lipinski definition) is 0. The highest BCUT2D eigenvalue weighted by atomic mass is 32.2. The van der Waals surface area contributed by atoms with E-state index < -0.39 is 10.0 Å². The normalized spacial score (nSPS) is 19.4. The molecular formula is C16H17N3O2S2. The molecule has 0 amide bonds. The lowest BCUT2D eigenvalue weighted by Crippen LogP contribution is -2.38. The van der Waals surface area contributed by atoms with Gasteiger partial charge in [-0.05, 0) is 37.5 Å². The monoisotopic (exact) mass is 347 g/mol. The summed E-state index contributed by atoms with van der Waals surface area (Å²) in [6, 6.07) is 6.61. The van der Waals surface area contributed by atoms with Crippen molar-refractivity contribution in [3.63, 3.8) is 0 Å². The molecule has 0 spiro atoms. The van der Waals surface area contributed by atoms with Gasteiger partial charge < -0.3 is 0 Å². The molecule has 1 aromatic carbocycles. The summed E-state index contributed by atoms with van der Waals surface area (Å²) in [5.41, 5.74) is 1.02. The van der Waals surface area contributed by atoms with Gasteiger partial charge in [0, 0.05) is 18.1 Å². The van der Waals surface area contributed by atoms with Crippen LogP contribution in [0.4, 0.5) is 0 Å². The predicted octanol–water partition coefficient (Wildman–Crippen LogP) is 3.24. The van der Waals surface area contributed by atoms with Crippen LogP contribution < -0.4 is 0 Å². The van der Waals surface area contributed by atoms with Gasteiger partial charge >= 0.3 is 0 Å². The number of sulfonamides is 1. The van der Waals surface area contributed by atoms with Crippen LogP contribution in [0.5, 0.6) is 0 Å². The Labute approximate surface area is 140 Å². The number of rotatable bonds is 3. The molecule has 1 aliphatic heterocycles. The van der Waals surface area contributed by atoms with Gasteiger partial charge in [0.2, 0.25) is 10.0 Å². The van der Waals surface area contributed by atoms with Crippen molar-refractivity contribution in [2.75, 3.05) is 6.54 Å². The first-order valence-electron chi connectivity index (χ1n) is 7.46. The first kappa shape index (κ1) is 16.1. The summed E-state index contributed by atoms with van der Waals surface area (Å²) in [5, 5.41) is 11.8. The molecule has 0 bridgehead atoms. The van der Waals surface area contributed by atoms with Gasteiger partial charge in [0.05, 0.1) is 22.6 Å². The molecule has 1 fully saturated rings. The van der Waals surface area contributed by atoms with Crippen LogP contribution in [0.1, 0.15) is 41.4 Å². The summed E-state index contributed by atoms with van der Waals surface area (Å²) >= 11 is 1.49. The Morgan fingerprint density at radius 2 is 2.22 bits per heavy atom. The fourth-order valence-corrected chi connectivity index (χ4v) is 5.68. The fraction of sp³-hybridized carbons (Fsp3) is 0.375. The topological polar surface area (TPSA) is 74.1 Å². The highest BCUT2D eigenvalue weighted by molar-refractivity contribution is 7.89. The van der Waals surface area contributed by atoms with Gasteiger partial charge in [-0.3, -0.25) is 0 Å². The summed E-state index contributed by atoms with van der Waals surface area (Å²) in [5.74, 6) is 0. The largest absolute Gasteiger partial charge is 0.248 e. The van der Waals surface area contributed by atoms with Crippen molar-refractivity contribution in [3.8, 4) is 6.07 Å². The van der Waals surface area contributed by atoms with E-state index >= 15 is 0 Å². The van der Waals surface area contributed by atoms with E-state index in [0.29, 0.717) is 17.7 Å². The highest BCUT2D eigenvalue weighted by Gasteiger charge is 2.36. The Morgan fingerprint density at radius 1 is 1.39 bits per heavy atom. The van der Waals surface area contributed by atoms with Crippen molar-refractivity contribution < 1.29 is 8.42 Å². The van der Waals surface area contributed by atoms with Gasteiger partial charge in [-0.25, -0.2) is 13.4 Å². The minimum atomic E-state index is -3.65. The Hall–Kier alpha value is -1.75. The maximum absolute atomic E-state index is 13.2. The molecule has 2 heterocycles. The Morgan fingerprint density at radius 3 is 2.91 bits per heavy atom. The quantitative estimate of drug-likeness (QED) is 0.854. The number of nitrogens with zero attached hydrogens (tertiary/aromatic N) is 3. The molecule has 1 aliphatic rings. The van der Waals surface area contributed by atoms with Gasteiger partial charge in [0.15, 0.2) is 0 Å². The van der Waals surface area contributed by atoms with E-state index in [2.05, 4.69) is 4.98 Å². The third-order valence-corrected chi connectivity index (χ3v) is 7.02. The number of aryl methyl sites for hydroxylation is 1. The van der Waals surface area contributed by atoms with Gasteiger partial charge in [-0.2, -0.15) is 9.57 Å². The number of thiazole rings is 1. The van der Waals surface area contributed by atoms with E-state index in [-0.39, 0.29) is 10.9 Å². The van der Waals surface area contributed by atoms with Crippen LogP contribution in [0.25, 0.3) is 0 Å². The number of piperidine rings is 1. The van der Waals surface area contributed by atoms with E-state index in [0.717, 1.165) is 24.3 Å². The van der Waals surface area contributed by atoms with Crippen molar-refractivity contribution in [2.45, 2.75) is 37.1 Å². The number of aromatic nitrogens is 1. The van der Waals surface area contributed by atoms with Crippen LogP contribution in [0.3, 0.4) is 0 Å². The third kappa shape index (κ3) is 3.02. The molecular weight excluding hydrogens is 330 g/mol. The van der Waals surface area contributed by atoms with Crippen LogP contribution in [0, 0.1) is 18.3 Å². The molecule has 2 aromatic rings. The molecule has 23 heavy (non-hydrogen) atoms. The molecule has 5 nitrogen and oxygen atoms in total. The molecule has 120 valence electrons. The van der Waals surface area contributed by atoms with E-state index in [1.54, 1.807) is 29.6 Å². The van der Waals surface area contributed by atoms with Crippen LogP contribution >= 0.6 is 11.3 Å². The molecule has 1 aromatic heterocycles. The summed E-state index contributed by atoms with van der Waals surface area (Å²) in [6.45, 7) is 2.25. The summed E-state index contributed by atoms with van der Waals surface area (Å²) in [7, 11) is -3.65. The van der Waals surface area contributed by atoms with Crippen molar-refractivity contribution in [2.24, 2.45) is 0 Å². The number of nitriles is 1. The SMILES string of the molecule is Cc1ccc(C#N)cc1S(=O)(=O)N1CCCCC1c1nccs1. The van der Waals surface area contributed by atoms with Crippen LogP contribution in [-0.4, -0.2) is 24.3 Å². The lowest BCUT2D eigenvalue weighted by molar-refractivity contribution is 0.255. The smallest absolute Gasteiger partial charge is 0.244 e. The maximum Gasteiger partial charge on any atom is 0.244 e. The van der Waals surface area contributed by atoms with E-state index in [1.807, 2.05) is 11.4 Å². The molecule has 1 atom stereocenters. The predicted molar refractivity (Wildman–Crippen MR) is 88.5 cm³/mol. The van der Waals surface area contributed by atoms with E-state index in [1.165, 1.54) is 17.4 Å².